The molecule has 94 valence electrons. The molecule has 3 nitrogen and oxygen atoms in total. The predicted octanol–water partition coefficient (Wildman–Crippen LogP) is 1.73. The maximum atomic E-state index is 12.0. The van der Waals surface area contributed by atoms with Crippen molar-refractivity contribution in [2.75, 3.05) is 25.4 Å². The van der Waals surface area contributed by atoms with Crippen LogP contribution in [0.4, 0.5) is 0 Å². The minimum atomic E-state index is 0.0182. The minimum absolute atomic E-state index is 0.0182. The topological polar surface area (TPSA) is 32.3 Å². The van der Waals surface area contributed by atoms with E-state index in [2.05, 4.69) is 33.0 Å². The lowest BCUT2D eigenvalue weighted by molar-refractivity contribution is -0.130. The van der Waals surface area contributed by atoms with Gasteiger partial charge in [-0.25, -0.2) is 0 Å². The van der Waals surface area contributed by atoms with Crippen molar-refractivity contribution >= 4 is 17.7 Å². The molecule has 0 radical (unpaired) electrons. The van der Waals surface area contributed by atoms with Gasteiger partial charge in [0, 0.05) is 29.6 Å². The Hall–Kier alpha value is -0.220. The smallest absolute Gasteiger partial charge is 0.236 e. The number of thioether (sulfide) groups is 1. The molecule has 1 aliphatic heterocycles. The Morgan fingerprint density at radius 2 is 2.19 bits per heavy atom. The lowest BCUT2D eigenvalue weighted by Gasteiger charge is -2.33. The van der Waals surface area contributed by atoms with Crippen molar-refractivity contribution in [1.82, 2.24) is 10.2 Å². The average molecular weight is 244 g/mol. The van der Waals surface area contributed by atoms with E-state index in [1.54, 1.807) is 0 Å². The van der Waals surface area contributed by atoms with Crippen molar-refractivity contribution in [2.24, 2.45) is 0 Å². The van der Waals surface area contributed by atoms with Crippen molar-refractivity contribution in [3.63, 3.8) is 0 Å². The van der Waals surface area contributed by atoms with Crippen LogP contribution in [0.25, 0.3) is 0 Å². The summed E-state index contributed by atoms with van der Waals surface area (Å²) in [5.74, 6) is 1.33. The van der Waals surface area contributed by atoms with Crippen LogP contribution in [-0.2, 0) is 4.79 Å². The van der Waals surface area contributed by atoms with Gasteiger partial charge in [-0.05, 0) is 27.2 Å². The molecule has 0 aromatic rings. The molecular formula is C12H24N2OS. The fraction of sp³-hybridized carbons (Fsp3) is 0.917. The largest absolute Gasteiger partial charge is 0.340 e. The zero-order valence-electron chi connectivity index (χ0n) is 10.9. The molecule has 0 aliphatic carbocycles. The molecule has 0 bridgehead atoms. The lowest BCUT2D eigenvalue weighted by Crippen LogP contribution is -2.48. The maximum Gasteiger partial charge on any atom is 0.236 e. The highest BCUT2D eigenvalue weighted by Crippen LogP contribution is 2.20. The number of hydrogen-bond acceptors (Lipinski definition) is 3. The second-order valence-corrected chi connectivity index (χ2v) is 6.75. The van der Waals surface area contributed by atoms with Gasteiger partial charge in [-0.2, -0.15) is 11.8 Å². The van der Waals surface area contributed by atoms with Gasteiger partial charge in [-0.15, -0.1) is 0 Å². The standard InChI is InChI=1S/C12H24N2OS/c1-5-10-9-14(6-7-16-10)11(15)8-13-12(2,3)4/h10,13H,5-9H2,1-4H3. The van der Waals surface area contributed by atoms with E-state index in [1.165, 1.54) is 0 Å². The summed E-state index contributed by atoms with van der Waals surface area (Å²) in [6, 6.07) is 0. The van der Waals surface area contributed by atoms with E-state index >= 15 is 0 Å². The van der Waals surface area contributed by atoms with E-state index in [4.69, 9.17) is 0 Å². The van der Waals surface area contributed by atoms with E-state index in [0.29, 0.717) is 11.8 Å². The third-order valence-corrected chi connectivity index (χ3v) is 4.09. The Morgan fingerprint density at radius 1 is 1.50 bits per heavy atom. The van der Waals surface area contributed by atoms with Gasteiger partial charge in [0.25, 0.3) is 0 Å². The normalized spacial score (nSPS) is 22.2. The second kappa shape index (κ2) is 5.92. The average Bonchev–Trinajstić information content (AvgIpc) is 2.25. The molecular weight excluding hydrogens is 220 g/mol. The first-order chi connectivity index (χ1) is 7.42. The molecule has 0 spiro atoms. The molecule has 1 heterocycles. The van der Waals surface area contributed by atoms with E-state index in [1.807, 2.05) is 16.7 Å². The Bertz CT molecular complexity index is 238. The van der Waals surface area contributed by atoms with Gasteiger partial charge in [0.05, 0.1) is 6.54 Å². The van der Waals surface area contributed by atoms with Gasteiger partial charge >= 0.3 is 0 Å². The summed E-state index contributed by atoms with van der Waals surface area (Å²) in [4.78, 5) is 14.0. The maximum absolute atomic E-state index is 12.0. The highest BCUT2D eigenvalue weighted by Gasteiger charge is 2.23. The number of amides is 1. The number of carbonyl (C=O) groups is 1. The quantitative estimate of drug-likeness (QED) is 0.820. The predicted molar refractivity (Wildman–Crippen MR) is 70.9 cm³/mol. The van der Waals surface area contributed by atoms with Crippen LogP contribution in [0.5, 0.6) is 0 Å². The van der Waals surface area contributed by atoms with Crippen molar-refractivity contribution in [1.29, 1.82) is 0 Å². The molecule has 4 heteroatoms. The van der Waals surface area contributed by atoms with Gasteiger partial charge < -0.3 is 10.2 Å². The molecule has 1 saturated heterocycles. The molecule has 1 aliphatic rings. The first-order valence-corrected chi connectivity index (χ1v) is 7.11. The summed E-state index contributed by atoms with van der Waals surface area (Å²) in [6.45, 7) is 10.7. The van der Waals surface area contributed by atoms with E-state index in [9.17, 15) is 4.79 Å². The van der Waals surface area contributed by atoms with Gasteiger partial charge in [-0.1, -0.05) is 6.92 Å². The summed E-state index contributed by atoms with van der Waals surface area (Å²) in [7, 11) is 0. The Kier molecular flexibility index (Phi) is 5.12. The first-order valence-electron chi connectivity index (χ1n) is 6.07. The lowest BCUT2D eigenvalue weighted by atomic mass is 10.1. The zero-order valence-corrected chi connectivity index (χ0v) is 11.7. The minimum Gasteiger partial charge on any atom is -0.340 e. The van der Waals surface area contributed by atoms with Crippen LogP contribution in [0.3, 0.4) is 0 Å². The molecule has 1 unspecified atom stereocenters. The third-order valence-electron chi connectivity index (χ3n) is 2.72. The fourth-order valence-corrected chi connectivity index (χ4v) is 2.83. The van der Waals surface area contributed by atoms with E-state index in [0.717, 1.165) is 25.3 Å². The number of nitrogens with zero attached hydrogens (tertiary/aromatic N) is 1. The van der Waals surface area contributed by atoms with Crippen LogP contribution >= 0.6 is 11.8 Å². The van der Waals surface area contributed by atoms with Gasteiger partial charge in [0.2, 0.25) is 5.91 Å². The van der Waals surface area contributed by atoms with Gasteiger partial charge in [0.15, 0.2) is 0 Å². The summed E-state index contributed by atoms with van der Waals surface area (Å²) < 4.78 is 0. The van der Waals surface area contributed by atoms with Crippen LogP contribution in [-0.4, -0.2) is 47.0 Å². The molecule has 1 atom stereocenters. The molecule has 1 amide bonds. The van der Waals surface area contributed by atoms with Crippen molar-refractivity contribution < 1.29 is 4.79 Å². The van der Waals surface area contributed by atoms with Crippen LogP contribution < -0.4 is 5.32 Å². The zero-order chi connectivity index (χ0) is 12.2. The Labute approximate surface area is 103 Å². The first kappa shape index (κ1) is 13.8. The Morgan fingerprint density at radius 3 is 2.75 bits per heavy atom. The summed E-state index contributed by atoms with van der Waals surface area (Å²) in [5.41, 5.74) is 0.0182. The molecule has 0 aromatic carbocycles. The number of nitrogens with one attached hydrogen (secondary N) is 1. The molecule has 1 N–H and O–H groups in total. The number of carbonyl (C=O) groups excluding carboxylic acids is 1. The van der Waals surface area contributed by atoms with Crippen LogP contribution in [0.15, 0.2) is 0 Å². The molecule has 0 saturated carbocycles. The molecule has 1 rings (SSSR count). The fourth-order valence-electron chi connectivity index (χ4n) is 1.65. The van der Waals surface area contributed by atoms with E-state index in [-0.39, 0.29) is 11.4 Å². The summed E-state index contributed by atoms with van der Waals surface area (Å²) in [6.07, 6.45) is 1.15. The number of hydrogen-bond donors (Lipinski definition) is 1. The van der Waals surface area contributed by atoms with Crippen LogP contribution in [0.1, 0.15) is 34.1 Å². The van der Waals surface area contributed by atoms with Crippen molar-refractivity contribution in [3.8, 4) is 0 Å². The molecule has 0 aromatic heterocycles. The van der Waals surface area contributed by atoms with Gasteiger partial charge in [-0.3, -0.25) is 4.79 Å². The van der Waals surface area contributed by atoms with Crippen molar-refractivity contribution in [3.05, 3.63) is 0 Å². The van der Waals surface area contributed by atoms with Gasteiger partial charge in [0.1, 0.15) is 0 Å². The monoisotopic (exact) mass is 244 g/mol. The third kappa shape index (κ3) is 4.74. The van der Waals surface area contributed by atoms with Crippen LogP contribution in [0, 0.1) is 0 Å². The SMILES string of the molecule is CCC1CN(C(=O)CNC(C)(C)C)CCS1. The Balaban J connectivity index is 2.36. The highest BCUT2D eigenvalue weighted by molar-refractivity contribution is 8.00. The second-order valence-electron chi connectivity index (χ2n) is 5.34. The number of rotatable bonds is 3. The molecule has 16 heavy (non-hydrogen) atoms. The van der Waals surface area contributed by atoms with Crippen LogP contribution in [0.2, 0.25) is 0 Å². The van der Waals surface area contributed by atoms with Crippen molar-refractivity contribution in [2.45, 2.75) is 44.9 Å². The van der Waals surface area contributed by atoms with E-state index < -0.39 is 0 Å². The summed E-state index contributed by atoms with van der Waals surface area (Å²) in [5, 5.41) is 3.89. The summed E-state index contributed by atoms with van der Waals surface area (Å²) >= 11 is 1.99. The molecule has 1 fully saturated rings. The highest BCUT2D eigenvalue weighted by atomic mass is 32.2.